The van der Waals surface area contributed by atoms with E-state index in [1.54, 1.807) is 0 Å². The predicted molar refractivity (Wildman–Crippen MR) is 114 cm³/mol. The van der Waals surface area contributed by atoms with Gasteiger partial charge in [-0.25, -0.2) is 0 Å². The van der Waals surface area contributed by atoms with Crippen molar-refractivity contribution < 1.29 is 4.79 Å². The van der Waals surface area contributed by atoms with Crippen LogP contribution >= 0.6 is 24.8 Å². The van der Waals surface area contributed by atoms with Crippen LogP contribution < -0.4 is 5.73 Å². The standard InChI is InChI=1S/C20H33N3O.2ClH/c1-4-11-22(5-2)15-17-6-8-18(9-7-17)20(24)23-12-10-16(3)13-19(23)14-21;;/h6-9,16,19H,4-5,10-15,21H2,1-3H3;2*1H. The van der Waals surface area contributed by atoms with Gasteiger partial charge in [-0.1, -0.05) is 32.9 Å². The summed E-state index contributed by atoms with van der Waals surface area (Å²) in [7, 11) is 0. The fourth-order valence-electron chi connectivity index (χ4n) is 3.58. The molecule has 1 saturated heterocycles. The van der Waals surface area contributed by atoms with Crippen molar-refractivity contribution in [2.45, 2.75) is 52.6 Å². The fraction of sp³-hybridized carbons (Fsp3) is 0.650. The van der Waals surface area contributed by atoms with E-state index >= 15 is 0 Å². The Morgan fingerprint density at radius 3 is 2.42 bits per heavy atom. The van der Waals surface area contributed by atoms with Gasteiger partial charge in [0.1, 0.15) is 0 Å². The van der Waals surface area contributed by atoms with E-state index in [2.05, 4.69) is 37.8 Å². The van der Waals surface area contributed by atoms with Crippen LogP contribution in [-0.2, 0) is 6.54 Å². The van der Waals surface area contributed by atoms with Gasteiger partial charge in [0.25, 0.3) is 5.91 Å². The number of carbonyl (C=O) groups excluding carboxylic acids is 1. The largest absolute Gasteiger partial charge is 0.334 e. The molecule has 1 aromatic rings. The number of halogens is 2. The van der Waals surface area contributed by atoms with Crippen molar-refractivity contribution in [1.82, 2.24) is 9.80 Å². The monoisotopic (exact) mass is 403 g/mol. The predicted octanol–water partition coefficient (Wildman–Crippen LogP) is 3.96. The maximum absolute atomic E-state index is 12.8. The molecule has 0 aromatic heterocycles. The molecule has 1 aliphatic rings. The van der Waals surface area contributed by atoms with E-state index in [1.165, 1.54) is 5.56 Å². The normalized spacial score (nSPS) is 19.7. The molecular formula is C20H35Cl2N3O. The molecule has 6 heteroatoms. The van der Waals surface area contributed by atoms with Crippen LogP contribution in [0.5, 0.6) is 0 Å². The topological polar surface area (TPSA) is 49.6 Å². The Bertz CT molecular complexity index is 524. The van der Waals surface area contributed by atoms with Crippen molar-refractivity contribution >= 4 is 30.7 Å². The number of hydrogen-bond donors (Lipinski definition) is 1. The van der Waals surface area contributed by atoms with Gasteiger partial charge in [-0.15, -0.1) is 24.8 Å². The summed E-state index contributed by atoms with van der Waals surface area (Å²) in [5.41, 5.74) is 7.95. The number of benzene rings is 1. The number of amides is 1. The Morgan fingerprint density at radius 2 is 1.88 bits per heavy atom. The molecule has 1 aliphatic heterocycles. The number of hydrogen-bond acceptors (Lipinski definition) is 3. The second kappa shape index (κ2) is 12.6. The van der Waals surface area contributed by atoms with Gasteiger partial charge >= 0.3 is 0 Å². The maximum Gasteiger partial charge on any atom is 0.254 e. The number of nitrogens with zero attached hydrogens (tertiary/aromatic N) is 2. The van der Waals surface area contributed by atoms with Gasteiger partial charge in [0.15, 0.2) is 0 Å². The zero-order valence-corrected chi connectivity index (χ0v) is 18.0. The highest BCUT2D eigenvalue weighted by atomic mass is 35.5. The van der Waals surface area contributed by atoms with Gasteiger partial charge in [-0.05, 0) is 56.0 Å². The molecule has 0 aliphatic carbocycles. The van der Waals surface area contributed by atoms with Gasteiger partial charge in [0, 0.05) is 31.2 Å². The number of nitrogens with two attached hydrogens (primary N) is 1. The van der Waals surface area contributed by atoms with Gasteiger partial charge < -0.3 is 10.6 Å². The van der Waals surface area contributed by atoms with Crippen molar-refractivity contribution in [3.05, 3.63) is 35.4 Å². The van der Waals surface area contributed by atoms with Crippen molar-refractivity contribution in [3.63, 3.8) is 0 Å². The Labute approximate surface area is 171 Å². The summed E-state index contributed by atoms with van der Waals surface area (Å²) in [6.07, 6.45) is 3.25. The number of rotatable bonds is 7. The molecule has 2 N–H and O–H groups in total. The molecule has 4 nitrogen and oxygen atoms in total. The van der Waals surface area contributed by atoms with Crippen LogP contribution in [0.3, 0.4) is 0 Å². The first-order valence-corrected chi connectivity index (χ1v) is 9.41. The van der Waals surface area contributed by atoms with E-state index in [-0.39, 0.29) is 36.8 Å². The van der Waals surface area contributed by atoms with Crippen molar-refractivity contribution in [3.8, 4) is 0 Å². The maximum atomic E-state index is 12.8. The third-order valence-electron chi connectivity index (χ3n) is 5.11. The molecule has 150 valence electrons. The third-order valence-corrected chi connectivity index (χ3v) is 5.11. The Hall–Kier alpha value is -0.810. The molecule has 0 saturated carbocycles. The highest BCUT2D eigenvalue weighted by Crippen LogP contribution is 2.23. The quantitative estimate of drug-likeness (QED) is 0.748. The smallest absolute Gasteiger partial charge is 0.254 e. The molecule has 0 spiro atoms. The van der Waals surface area contributed by atoms with E-state index in [0.29, 0.717) is 12.5 Å². The Kier molecular flexibility index (Phi) is 12.2. The van der Waals surface area contributed by atoms with E-state index in [9.17, 15) is 4.79 Å². The fourth-order valence-corrected chi connectivity index (χ4v) is 3.58. The lowest BCUT2D eigenvalue weighted by atomic mass is 9.92. The molecule has 2 rings (SSSR count). The van der Waals surface area contributed by atoms with Crippen LogP contribution in [0.15, 0.2) is 24.3 Å². The first kappa shape index (κ1) is 25.2. The van der Waals surface area contributed by atoms with E-state index in [1.807, 2.05) is 17.0 Å². The van der Waals surface area contributed by atoms with Crippen LogP contribution in [0.1, 0.15) is 56.0 Å². The second-order valence-electron chi connectivity index (χ2n) is 7.08. The lowest BCUT2D eigenvalue weighted by Crippen LogP contribution is -2.49. The molecule has 26 heavy (non-hydrogen) atoms. The first-order valence-electron chi connectivity index (χ1n) is 9.41. The molecule has 2 atom stereocenters. The summed E-state index contributed by atoms with van der Waals surface area (Å²) in [6.45, 7) is 11.1. The minimum Gasteiger partial charge on any atom is -0.334 e. The molecule has 1 heterocycles. The Morgan fingerprint density at radius 1 is 1.23 bits per heavy atom. The van der Waals surface area contributed by atoms with E-state index < -0.39 is 0 Å². The second-order valence-corrected chi connectivity index (χ2v) is 7.08. The first-order chi connectivity index (χ1) is 11.6. The summed E-state index contributed by atoms with van der Waals surface area (Å²) >= 11 is 0. The molecule has 0 bridgehead atoms. The number of likely N-dealkylation sites (tertiary alicyclic amines) is 1. The van der Waals surface area contributed by atoms with Crippen LogP contribution in [0.2, 0.25) is 0 Å². The summed E-state index contributed by atoms with van der Waals surface area (Å²) in [4.78, 5) is 17.2. The van der Waals surface area contributed by atoms with Crippen molar-refractivity contribution in [2.75, 3.05) is 26.2 Å². The average Bonchev–Trinajstić information content (AvgIpc) is 2.61. The highest BCUT2D eigenvalue weighted by Gasteiger charge is 2.29. The van der Waals surface area contributed by atoms with Gasteiger partial charge in [-0.2, -0.15) is 0 Å². The molecule has 0 radical (unpaired) electrons. The average molecular weight is 404 g/mol. The van der Waals surface area contributed by atoms with Gasteiger partial charge in [-0.3, -0.25) is 9.69 Å². The highest BCUT2D eigenvalue weighted by molar-refractivity contribution is 5.94. The van der Waals surface area contributed by atoms with Gasteiger partial charge in [0.2, 0.25) is 0 Å². The van der Waals surface area contributed by atoms with E-state index in [0.717, 1.165) is 51.0 Å². The third kappa shape index (κ3) is 6.73. The van der Waals surface area contributed by atoms with Crippen LogP contribution in [0, 0.1) is 5.92 Å². The van der Waals surface area contributed by atoms with Crippen LogP contribution in [-0.4, -0.2) is 47.9 Å². The number of carbonyl (C=O) groups is 1. The zero-order valence-electron chi connectivity index (χ0n) is 16.3. The van der Waals surface area contributed by atoms with Crippen LogP contribution in [0.4, 0.5) is 0 Å². The minimum absolute atomic E-state index is 0. The van der Waals surface area contributed by atoms with Crippen LogP contribution in [0.25, 0.3) is 0 Å². The summed E-state index contributed by atoms with van der Waals surface area (Å²) in [5.74, 6) is 0.786. The summed E-state index contributed by atoms with van der Waals surface area (Å²) in [5, 5.41) is 0. The molecule has 1 fully saturated rings. The van der Waals surface area contributed by atoms with Crippen molar-refractivity contribution in [2.24, 2.45) is 11.7 Å². The molecular weight excluding hydrogens is 369 g/mol. The summed E-state index contributed by atoms with van der Waals surface area (Å²) < 4.78 is 0. The lowest BCUT2D eigenvalue weighted by molar-refractivity contribution is 0.0573. The molecule has 1 aromatic carbocycles. The lowest BCUT2D eigenvalue weighted by Gasteiger charge is -2.38. The SMILES string of the molecule is CCCN(CC)Cc1ccc(C(=O)N2CCC(C)CC2CN)cc1.Cl.Cl. The molecule has 2 unspecified atom stereocenters. The number of piperidine rings is 1. The van der Waals surface area contributed by atoms with Crippen molar-refractivity contribution in [1.29, 1.82) is 0 Å². The van der Waals surface area contributed by atoms with Gasteiger partial charge in [0.05, 0.1) is 0 Å². The minimum atomic E-state index is 0. The zero-order chi connectivity index (χ0) is 17.5. The Balaban J connectivity index is 0.00000312. The molecule has 1 amide bonds. The van der Waals surface area contributed by atoms with E-state index in [4.69, 9.17) is 5.73 Å². The summed E-state index contributed by atoms with van der Waals surface area (Å²) in [6, 6.07) is 8.32.